The van der Waals surface area contributed by atoms with Gasteiger partial charge >= 0.3 is 0 Å². The first kappa shape index (κ1) is 38.5. The predicted molar refractivity (Wildman–Crippen MR) is 286 cm³/mol. The Bertz CT molecular complexity index is 4520. The molecule has 0 spiro atoms. The van der Waals surface area contributed by atoms with Crippen molar-refractivity contribution in [3.63, 3.8) is 0 Å². The first-order valence-electron chi connectivity index (χ1n) is 23.6. The summed E-state index contributed by atoms with van der Waals surface area (Å²) in [7, 11) is 0. The van der Waals surface area contributed by atoms with Crippen molar-refractivity contribution < 1.29 is 4.42 Å². The molecule has 0 atom stereocenters. The highest BCUT2D eigenvalue weighted by molar-refractivity contribution is 6.26. The van der Waals surface area contributed by atoms with Crippen LogP contribution >= 0.6 is 0 Å². The fourth-order valence-electron chi connectivity index (χ4n) is 11.0. The highest BCUT2D eigenvalue weighted by atomic mass is 16.3. The molecular weight excluding hydrogens is 857 g/mol. The van der Waals surface area contributed by atoms with E-state index in [-0.39, 0.29) is 0 Å². The minimum atomic E-state index is 0.556. The number of benzene rings is 10. The largest absolute Gasteiger partial charge is 0.455 e. The lowest BCUT2D eigenvalue weighted by molar-refractivity contribution is 0.669. The predicted octanol–water partition coefficient (Wildman–Crippen LogP) is 16.1. The monoisotopic (exact) mass is 894 g/mol. The van der Waals surface area contributed by atoms with Gasteiger partial charge in [0.15, 0.2) is 17.5 Å². The van der Waals surface area contributed by atoms with Crippen LogP contribution in [0.1, 0.15) is 0 Å². The molecular formula is C63H38N6O. The summed E-state index contributed by atoms with van der Waals surface area (Å²) >= 11 is 0. The lowest BCUT2D eigenvalue weighted by Crippen LogP contribution is -2.00. The van der Waals surface area contributed by atoms with E-state index in [2.05, 4.69) is 177 Å². The first-order chi connectivity index (χ1) is 34.7. The van der Waals surface area contributed by atoms with E-state index in [4.69, 9.17) is 19.4 Å². The lowest BCUT2D eigenvalue weighted by Gasteiger charge is -2.11. The first-order valence-corrected chi connectivity index (χ1v) is 23.6. The van der Waals surface area contributed by atoms with E-state index in [9.17, 15) is 0 Å². The van der Waals surface area contributed by atoms with Crippen LogP contribution in [0.15, 0.2) is 235 Å². The van der Waals surface area contributed by atoms with E-state index in [1.165, 1.54) is 54.4 Å². The van der Waals surface area contributed by atoms with E-state index in [1.807, 2.05) is 66.7 Å². The van der Waals surface area contributed by atoms with Crippen LogP contribution in [0.5, 0.6) is 0 Å². The molecule has 0 bridgehead atoms. The van der Waals surface area contributed by atoms with E-state index >= 15 is 0 Å². The van der Waals surface area contributed by atoms with E-state index in [1.54, 1.807) is 0 Å². The number of para-hydroxylation sites is 5. The average molecular weight is 895 g/mol. The fraction of sp³-hybridized carbons (Fsp3) is 0. The topological polar surface area (TPSA) is 66.6 Å². The maximum atomic E-state index is 6.80. The second kappa shape index (κ2) is 15.0. The third kappa shape index (κ3) is 5.66. The van der Waals surface area contributed by atoms with E-state index < -0.39 is 0 Å². The molecule has 5 aromatic heterocycles. The summed E-state index contributed by atoms with van der Waals surface area (Å²) in [5.41, 5.74) is 14.4. The molecule has 0 fully saturated rings. The molecule has 0 amide bonds. The van der Waals surface area contributed by atoms with Gasteiger partial charge in [-0.1, -0.05) is 152 Å². The Morgan fingerprint density at radius 2 is 0.800 bits per heavy atom. The van der Waals surface area contributed by atoms with E-state index in [0.717, 1.165) is 66.7 Å². The number of nitrogens with zero attached hydrogens (tertiary/aromatic N) is 6. The summed E-state index contributed by atoms with van der Waals surface area (Å²) in [5, 5.41) is 9.26. The third-order valence-electron chi connectivity index (χ3n) is 14.1. The van der Waals surface area contributed by atoms with Gasteiger partial charge in [0, 0.05) is 71.3 Å². The van der Waals surface area contributed by atoms with Crippen molar-refractivity contribution in [2.45, 2.75) is 0 Å². The molecule has 15 aromatic rings. The van der Waals surface area contributed by atoms with Crippen LogP contribution < -0.4 is 0 Å². The van der Waals surface area contributed by atoms with Crippen LogP contribution in [-0.4, -0.2) is 28.7 Å². The summed E-state index contributed by atoms with van der Waals surface area (Å²) in [5.74, 6) is 1.77. The van der Waals surface area contributed by atoms with Gasteiger partial charge < -0.3 is 18.1 Å². The number of fused-ring (bicyclic) bond motifs is 13. The molecule has 10 aromatic carbocycles. The molecule has 0 aliphatic rings. The molecule has 0 unspecified atom stereocenters. The fourth-order valence-corrected chi connectivity index (χ4v) is 11.0. The van der Waals surface area contributed by atoms with Crippen LogP contribution in [0, 0.1) is 0 Å². The Hall–Kier alpha value is -9.59. The molecule has 5 heterocycles. The molecule has 0 N–H and O–H groups in total. The Balaban J connectivity index is 0.942. The molecule has 0 aliphatic heterocycles. The minimum Gasteiger partial charge on any atom is -0.455 e. The van der Waals surface area contributed by atoms with Gasteiger partial charge in [-0.15, -0.1) is 0 Å². The van der Waals surface area contributed by atoms with Crippen molar-refractivity contribution in [3.8, 4) is 51.2 Å². The molecule has 0 aliphatic carbocycles. The number of hydrogen-bond donors (Lipinski definition) is 0. The van der Waals surface area contributed by atoms with Gasteiger partial charge in [-0.2, -0.15) is 0 Å². The molecule has 15 rings (SSSR count). The van der Waals surface area contributed by atoms with Crippen molar-refractivity contribution in [2.24, 2.45) is 0 Å². The highest BCUT2D eigenvalue weighted by Gasteiger charge is 2.23. The number of furan rings is 1. The average Bonchev–Trinajstić information content (AvgIpc) is 4.18. The maximum absolute atomic E-state index is 6.80. The maximum Gasteiger partial charge on any atom is 0.167 e. The Morgan fingerprint density at radius 3 is 1.51 bits per heavy atom. The van der Waals surface area contributed by atoms with Crippen molar-refractivity contribution in [2.75, 3.05) is 0 Å². The van der Waals surface area contributed by atoms with Crippen molar-refractivity contribution >= 4 is 87.4 Å². The summed E-state index contributed by atoms with van der Waals surface area (Å²) in [6, 6.07) is 81.5. The highest BCUT2D eigenvalue weighted by Crippen LogP contribution is 2.44. The van der Waals surface area contributed by atoms with Crippen molar-refractivity contribution in [1.82, 2.24) is 28.7 Å². The van der Waals surface area contributed by atoms with Gasteiger partial charge in [-0.25, -0.2) is 15.0 Å². The van der Waals surface area contributed by atoms with Crippen LogP contribution in [0.25, 0.3) is 139 Å². The summed E-state index contributed by atoms with van der Waals surface area (Å²) in [6.45, 7) is 0. The minimum absolute atomic E-state index is 0.556. The van der Waals surface area contributed by atoms with Gasteiger partial charge in [-0.3, -0.25) is 0 Å². The quantitative estimate of drug-likeness (QED) is 0.167. The summed E-state index contributed by atoms with van der Waals surface area (Å²) in [6.07, 6.45) is 0. The van der Waals surface area contributed by atoms with Crippen LogP contribution in [0.2, 0.25) is 0 Å². The van der Waals surface area contributed by atoms with Gasteiger partial charge in [0.2, 0.25) is 0 Å². The zero-order valence-corrected chi connectivity index (χ0v) is 37.5. The Labute approximate surface area is 400 Å². The number of hydrogen-bond acceptors (Lipinski definition) is 4. The molecule has 0 radical (unpaired) electrons. The molecule has 0 saturated heterocycles. The zero-order valence-electron chi connectivity index (χ0n) is 37.5. The van der Waals surface area contributed by atoms with Gasteiger partial charge in [0.05, 0.1) is 38.7 Å². The van der Waals surface area contributed by atoms with Gasteiger partial charge in [0.1, 0.15) is 11.2 Å². The second-order valence-electron chi connectivity index (χ2n) is 18.0. The van der Waals surface area contributed by atoms with Gasteiger partial charge in [0.25, 0.3) is 0 Å². The smallest absolute Gasteiger partial charge is 0.167 e. The van der Waals surface area contributed by atoms with Crippen LogP contribution in [-0.2, 0) is 0 Å². The summed E-state index contributed by atoms with van der Waals surface area (Å²) < 4.78 is 14.1. The van der Waals surface area contributed by atoms with E-state index in [0.29, 0.717) is 17.5 Å². The third-order valence-corrected chi connectivity index (χ3v) is 14.1. The normalized spacial score (nSPS) is 12.0. The van der Waals surface area contributed by atoms with Crippen molar-refractivity contribution in [1.29, 1.82) is 0 Å². The zero-order chi connectivity index (χ0) is 45.9. The standard InChI is InChI=1S/C63H38N6O/c1-4-17-39(18-5-1)61-64-62(40-19-6-2-7-20-40)66-63(65-61)49-27-16-26-47-51-38-42(32-36-57(51)70-60(47)49)68-54-30-15-12-25-48(54)58-56(68)35-33-46-44-23-10-14-29-53(44)69(59(46)58)43-31-34-55-50(37-43)45-24-11-13-28-52(45)67(55)41-21-8-3-9-22-41/h1-38H. The molecule has 326 valence electrons. The molecule has 7 nitrogen and oxygen atoms in total. The Kier molecular flexibility index (Phi) is 8.23. The van der Waals surface area contributed by atoms with Crippen LogP contribution in [0.4, 0.5) is 0 Å². The Morgan fingerprint density at radius 1 is 0.300 bits per heavy atom. The summed E-state index contributed by atoms with van der Waals surface area (Å²) in [4.78, 5) is 15.1. The molecule has 7 heteroatoms. The lowest BCUT2D eigenvalue weighted by atomic mass is 10.1. The number of aromatic nitrogens is 6. The molecule has 0 saturated carbocycles. The second-order valence-corrected chi connectivity index (χ2v) is 18.0. The van der Waals surface area contributed by atoms with Crippen molar-refractivity contribution in [3.05, 3.63) is 231 Å². The molecule has 70 heavy (non-hydrogen) atoms. The van der Waals surface area contributed by atoms with Crippen LogP contribution in [0.3, 0.4) is 0 Å². The number of rotatable bonds is 6. The van der Waals surface area contributed by atoms with Gasteiger partial charge in [-0.05, 0) is 78.9 Å². The SMILES string of the molecule is c1ccc(-c2nc(-c3ccccc3)nc(-c3cccc4c3oc3ccc(-n5c6ccccc6c6c5ccc5c7ccccc7n(-c7ccc8c(c7)c7ccccc7n8-c7ccccc7)c56)cc34)n2)cc1.